The molecular weight excluding hydrogens is 234 g/mol. The number of carbonyl (C=O) groups is 1. The van der Waals surface area contributed by atoms with E-state index in [9.17, 15) is 4.79 Å². The third-order valence-corrected chi connectivity index (χ3v) is 2.50. The summed E-state index contributed by atoms with van der Waals surface area (Å²) in [6.07, 6.45) is 4.62. The molecule has 7 heteroatoms. The van der Waals surface area contributed by atoms with E-state index in [0.717, 1.165) is 5.39 Å². The predicted octanol–water partition coefficient (Wildman–Crippen LogP) is 1.51. The van der Waals surface area contributed by atoms with Crippen LogP contribution in [-0.2, 0) is 0 Å². The minimum Gasteiger partial charge on any atom is -0.336 e. The summed E-state index contributed by atoms with van der Waals surface area (Å²) in [5.74, 6) is 0.0992. The van der Waals surface area contributed by atoms with Crippen LogP contribution in [0.2, 0.25) is 0 Å². The number of H-pyrrole nitrogens is 1. The van der Waals surface area contributed by atoms with Crippen LogP contribution < -0.4 is 5.32 Å². The highest BCUT2D eigenvalue weighted by molar-refractivity contribution is 6.04. The van der Waals surface area contributed by atoms with Crippen LogP contribution in [0.1, 0.15) is 16.1 Å². The molecule has 3 rings (SSSR count). The highest BCUT2D eigenvalue weighted by atomic mass is 16.5. The molecular formula is C11H9N5O2. The van der Waals surface area contributed by atoms with E-state index < -0.39 is 0 Å². The Bertz CT molecular complexity index is 701. The summed E-state index contributed by atoms with van der Waals surface area (Å²) in [5, 5.41) is 7.13. The van der Waals surface area contributed by atoms with Gasteiger partial charge in [0.15, 0.2) is 0 Å². The van der Waals surface area contributed by atoms with Crippen molar-refractivity contribution in [1.29, 1.82) is 0 Å². The average Bonchev–Trinajstić information content (AvgIpc) is 3.00. The van der Waals surface area contributed by atoms with E-state index in [1.54, 1.807) is 25.4 Å². The smallest absolute Gasteiger partial charge is 0.259 e. The molecule has 0 saturated heterocycles. The Balaban J connectivity index is 1.93. The Labute approximate surface area is 101 Å². The lowest BCUT2D eigenvalue weighted by Gasteiger charge is -2.01. The number of imidazole rings is 1. The van der Waals surface area contributed by atoms with Gasteiger partial charge in [-0.15, -0.1) is 0 Å². The molecule has 3 heterocycles. The largest absolute Gasteiger partial charge is 0.336 e. The maximum Gasteiger partial charge on any atom is 0.259 e. The molecule has 0 fully saturated rings. The lowest BCUT2D eigenvalue weighted by atomic mass is 10.2. The van der Waals surface area contributed by atoms with Gasteiger partial charge in [0.1, 0.15) is 0 Å². The monoisotopic (exact) mass is 243 g/mol. The second-order valence-electron chi connectivity index (χ2n) is 3.74. The van der Waals surface area contributed by atoms with Crippen LogP contribution >= 0.6 is 0 Å². The highest BCUT2D eigenvalue weighted by Crippen LogP contribution is 2.17. The van der Waals surface area contributed by atoms with Gasteiger partial charge in [-0.3, -0.25) is 10.1 Å². The average molecular weight is 243 g/mol. The van der Waals surface area contributed by atoms with Crippen molar-refractivity contribution in [3.05, 3.63) is 35.9 Å². The van der Waals surface area contributed by atoms with Crippen molar-refractivity contribution in [2.24, 2.45) is 0 Å². The third-order valence-electron chi connectivity index (χ3n) is 2.50. The molecule has 0 aliphatic heterocycles. The molecule has 0 unspecified atom stereocenters. The lowest BCUT2D eigenvalue weighted by Crippen LogP contribution is -2.13. The zero-order chi connectivity index (χ0) is 12.5. The number of hydrogen-bond donors (Lipinski definition) is 2. The summed E-state index contributed by atoms with van der Waals surface area (Å²) in [5.41, 5.74) is 1.54. The molecule has 0 spiro atoms. The van der Waals surface area contributed by atoms with Crippen LogP contribution in [0, 0.1) is 6.92 Å². The number of amides is 1. The van der Waals surface area contributed by atoms with Gasteiger partial charge < -0.3 is 9.51 Å². The van der Waals surface area contributed by atoms with Crippen LogP contribution in [0.5, 0.6) is 0 Å². The van der Waals surface area contributed by atoms with Gasteiger partial charge in [-0.05, 0) is 13.0 Å². The molecule has 0 aliphatic rings. The maximum absolute atomic E-state index is 11.9. The van der Waals surface area contributed by atoms with Crippen molar-refractivity contribution >= 4 is 23.0 Å². The molecule has 0 saturated carbocycles. The van der Waals surface area contributed by atoms with E-state index in [4.69, 9.17) is 4.52 Å². The molecule has 2 N–H and O–H groups in total. The molecule has 90 valence electrons. The Morgan fingerprint density at radius 3 is 3.11 bits per heavy atom. The zero-order valence-electron chi connectivity index (χ0n) is 9.47. The zero-order valence-corrected chi connectivity index (χ0v) is 9.47. The number of hydrogen-bond acceptors (Lipinski definition) is 5. The molecule has 0 aromatic carbocycles. The molecule has 1 amide bonds. The number of carbonyl (C=O) groups excluding carboxylic acids is 1. The van der Waals surface area contributed by atoms with Crippen molar-refractivity contribution in [3.63, 3.8) is 0 Å². The molecule has 0 atom stereocenters. The van der Waals surface area contributed by atoms with Gasteiger partial charge in [0, 0.05) is 18.6 Å². The van der Waals surface area contributed by atoms with Gasteiger partial charge in [-0.2, -0.15) is 0 Å². The van der Waals surface area contributed by atoms with E-state index in [1.807, 2.05) is 0 Å². The van der Waals surface area contributed by atoms with E-state index in [1.165, 1.54) is 6.20 Å². The first kappa shape index (κ1) is 10.5. The number of pyridine rings is 1. The molecule has 0 aliphatic carbocycles. The van der Waals surface area contributed by atoms with Gasteiger partial charge in [0.05, 0.1) is 16.6 Å². The highest BCUT2D eigenvalue weighted by Gasteiger charge is 2.12. The van der Waals surface area contributed by atoms with Crippen LogP contribution in [0.15, 0.2) is 29.2 Å². The van der Waals surface area contributed by atoms with E-state index in [-0.39, 0.29) is 5.91 Å². The number of aryl methyl sites for hydroxylation is 1. The van der Waals surface area contributed by atoms with Gasteiger partial charge in [-0.1, -0.05) is 5.16 Å². The fraction of sp³-hybridized carbons (Fsp3) is 0.0909. The molecule has 3 aromatic heterocycles. The van der Waals surface area contributed by atoms with Gasteiger partial charge in [0.25, 0.3) is 11.6 Å². The standard InChI is InChI=1S/C11H9N5O2/c1-6-8-4-7(5-14-10(8)18-16-6)9(17)15-11-12-2-3-13-11/h2-5H,1H3,(H2,12,13,15,17). The molecule has 0 radical (unpaired) electrons. The summed E-state index contributed by atoms with van der Waals surface area (Å²) in [7, 11) is 0. The Morgan fingerprint density at radius 1 is 1.44 bits per heavy atom. The SMILES string of the molecule is Cc1noc2ncc(C(=O)Nc3ncc[nH]3)cc12. The first-order valence-electron chi connectivity index (χ1n) is 5.27. The lowest BCUT2D eigenvalue weighted by molar-refractivity contribution is 0.102. The van der Waals surface area contributed by atoms with Crippen LogP contribution in [-0.4, -0.2) is 26.0 Å². The van der Waals surface area contributed by atoms with Crippen molar-refractivity contribution in [2.75, 3.05) is 5.32 Å². The van der Waals surface area contributed by atoms with Crippen molar-refractivity contribution in [2.45, 2.75) is 6.92 Å². The Kier molecular flexibility index (Phi) is 2.30. The number of fused-ring (bicyclic) bond motifs is 1. The number of anilines is 1. The molecule has 18 heavy (non-hydrogen) atoms. The summed E-state index contributed by atoms with van der Waals surface area (Å²) in [6.45, 7) is 1.79. The number of rotatable bonds is 2. The van der Waals surface area contributed by atoms with Crippen LogP contribution in [0.25, 0.3) is 11.1 Å². The minimum absolute atomic E-state index is 0.292. The number of nitrogens with one attached hydrogen (secondary N) is 2. The number of nitrogens with zero attached hydrogens (tertiary/aromatic N) is 3. The second kappa shape index (κ2) is 3.95. The van der Waals surface area contributed by atoms with Crippen molar-refractivity contribution in [3.8, 4) is 0 Å². The summed E-state index contributed by atoms with van der Waals surface area (Å²) >= 11 is 0. The molecule has 7 nitrogen and oxygen atoms in total. The van der Waals surface area contributed by atoms with Crippen molar-refractivity contribution < 1.29 is 9.32 Å². The first-order valence-corrected chi connectivity index (χ1v) is 5.27. The Morgan fingerprint density at radius 2 is 2.33 bits per heavy atom. The van der Waals surface area contributed by atoms with E-state index >= 15 is 0 Å². The van der Waals surface area contributed by atoms with Gasteiger partial charge >= 0.3 is 0 Å². The van der Waals surface area contributed by atoms with Crippen molar-refractivity contribution in [1.82, 2.24) is 20.1 Å². The fourth-order valence-electron chi connectivity index (χ4n) is 1.58. The molecule has 0 bridgehead atoms. The summed E-state index contributed by atoms with van der Waals surface area (Å²) in [6, 6.07) is 1.69. The summed E-state index contributed by atoms with van der Waals surface area (Å²) < 4.78 is 4.98. The summed E-state index contributed by atoms with van der Waals surface area (Å²) in [4.78, 5) is 22.7. The van der Waals surface area contributed by atoms with Crippen LogP contribution in [0.4, 0.5) is 5.95 Å². The second-order valence-corrected chi connectivity index (χ2v) is 3.74. The van der Waals surface area contributed by atoms with Crippen LogP contribution in [0.3, 0.4) is 0 Å². The maximum atomic E-state index is 11.9. The van der Waals surface area contributed by atoms with E-state index in [2.05, 4.69) is 25.4 Å². The first-order chi connectivity index (χ1) is 8.74. The fourth-order valence-corrected chi connectivity index (χ4v) is 1.58. The predicted molar refractivity (Wildman–Crippen MR) is 63.1 cm³/mol. The third kappa shape index (κ3) is 1.71. The topological polar surface area (TPSA) is 96.7 Å². The van der Waals surface area contributed by atoms with E-state index in [0.29, 0.717) is 22.9 Å². The number of aromatic nitrogens is 4. The molecule has 3 aromatic rings. The quantitative estimate of drug-likeness (QED) is 0.711. The van der Waals surface area contributed by atoms with Gasteiger partial charge in [-0.25, -0.2) is 9.97 Å². The minimum atomic E-state index is -0.292. The van der Waals surface area contributed by atoms with Gasteiger partial charge in [0.2, 0.25) is 5.95 Å². The number of aromatic amines is 1. The Hall–Kier alpha value is -2.70. The normalized spacial score (nSPS) is 10.7.